The summed E-state index contributed by atoms with van der Waals surface area (Å²) in [5.74, 6) is -0.981. The summed E-state index contributed by atoms with van der Waals surface area (Å²) in [6.07, 6.45) is -1.51. The van der Waals surface area contributed by atoms with Crippen LogP contribution < -0.4 is 5.73 Å². The van der Waals surface area contributed by atoms with Gasteiger partial charge >= 0.3 is 16.5 Å². The van der Waals surface area contributed by atoms with Gasteiger partial charge in [0.25, 0.3) is 12.2 Å². The minimum absolute atomic E-state index is 0.981. The molecule has 2 N–H and O–H groups in total. The van der Waals surface area contributed by atoms with Crippen molar-refractivity contribution in [2.45, 2.75) is 6.29 Å². The standard InChI is InChI=1S/C2H5NO6P2/c3-1(4)2-7-10(5)9-11(6)8-2/h2,10-11H,(H2,3,4). The van der Waals surface area contributed by atoms with Crippen molar-refractivity contribution < 1.29 is 27.3 Å². The highest BCUT2D eigenvalue weighted by atomic mass is 31.2. The minimum atomic E-state index is -2.88. The van der Waals surface area contributed by atoms with Gasteiger partial charge in [0.2, 0.25) is 0 Å². The van der Waals surface area contributed by atoms with Crippen LogP contribution in [0, 0.1) is 0 Å². The SMILES string of the molecule is NC(=O)C1O[PH](=O)O[PH](=O)O1. The summed E-state index contributed by atoms with van der Waals surface area (Å²) in [7, 11) is -5.76. The van der Waals surface area contributed by atoms with Crippen molar-refractivity contribution in [3.63, 3.8) is 0 Å². The second-order valence-electron chi connectivity index (χ2n) is 1.57. The Labute approximate surface area is 62.7 Å². The topological polar surface area (TPSA) is 105 Å². The quantitative estimate of drug-likeness (QED) is 0.580. The Bertz CT molecular complexity index is 211. The van der Waals surface area contributed by atoms with Crippen LogP contribution in [-0.2, 0) is 27.3 Å². The van der Waals surface area contributed by atoms with E-state index in [-0.39, 0.29) is 0 Å². The summed E-state index contributed by atoms with van der Waals surface area (Å²) in [5, 5.41) is 0. The van der Waals surface area contributed by atoms with Gasteiger partial charge in [-0.25, -0.2) is 4.31 Å². The van der Waals surface area contributed by atoms with E-state index in [2.05, 4.69) is 13.4 Å². The summed E-state index contributed by atoms with van der Waals surface area (Å²) in [6, 6.07) is 0. The van der Waals surface area contributed by atoms with Gasteiger partial charge in [0.15, 0.2) is 0 Å². The van der Waals surface area contributed by atoms with E-state index in [1.807, 2.05) is 0 Å². The average molecular weight is 201 g/mol. The molecular formula is C2H5NO6P2. The van der Waals surface area contributed by atoms with Crippen LogP contribution >= 0.6 is 16.5 Å². The van der Waals surface area contributed by atoms with Gasteiger partial charge in [-0.3, -0.25) is 23.0 Å². The molecule has 1 aliphatic heterocycles. The molecule has 0 radical (unpaired) electrons. The number of nitrogens with two attached hydrogens (primary N) is 1. The van der Waals surface area contributed by atoms with E-state index >= 15 is 0 Å². The number of carbonyl (C=O) groups excluding carboxylic acids is 1. The summed E-state index contributed by atoms with van der Waals surface area (Å²) < 4.78 is 33.6. The van der Waals surface area contributed by atoms with Gasteiger partial charge in [-0.15, -0.1) is 0 Å². The van der Waals surface area contributed by atoms with Gasteiger partial charge in [-0.05, 0) is 0 Å². The van der Waals surface area contributed by atoms with Crippen LogP contribution in [0.15, 0.2) is 0 Å². The molecule has 64 valence electrons. The van der Waals surface area contributed by atoms with Crippen LogP contribution in [0.25, 0.3) is 0 Å². The zero-order valence-electron chi connectivity index (χ0n) is 5.10. The molecule has 0 aromatic rings. The number of amides is 1. The fourth-order valence-corrected chi connectivity index (χ4v) is 2.13. The molecule has 0 spiro atoms. The molecule has 0 aromatic carbocycles. The van der Waals surface area contributed by atoms with E-state index in [0.717, 1.165) is 0 Å². The van der Waals surface area contributed by atoms with E-state index in [9.17, 15) is 13.9 Å². The van der Waals surface area contributed by atoms with Crippen molar-refractivity contribution in [3.05, 3.63) is 0 Å². The van der Waals surface area contributed by atoms with Gasteiger partial charge in [-0.2, -0.15) is 0 Å². The lowest BCUT2D eigenvalue weighted by Crippen LogP contribution is -2.31. The first-order chi connectivity index (χ1) is 5.09. The van der Waals surface area contributed by atoms with Crippen molar-refractivity contribution in [1.82, 2.24) is 0 Å². The molecule has 2 atom stereocenters. The highest BCUT2D eigenvalue weighted by Crippen LogP contribution is 2.46. The molecule has 1 aliphatic rings. The second-order valence-corrected chi connectivity index (χ2v) is 3.86. The molecular weight excluding hydrogens is 196 g/mol. The Balaban J connectivity index is 2.63. The Morgan fingerprint density at radius 3 is 2.09 bits per heavy atom. The molecule has 1 saturated heterocycles. The first-order valence-corrected chi connectivity index (χ1v) is 4.93. The molecule has 1 rings (SSSR count). The fraction of sp³-hybridized carbons (Fsp3) is 0.500. The average Bonchev–Trinajstić information content (AvgIpc) is 1.85. The van der Waals surface area contributed by atoms with E-state index in [4.69, 9.17) is 5.73 Å². The third-order valence-corrected chi connectivity index (χ3v) is 2.95. The maximum absolute atomic E-state index is 10.5. The van der Waals surface area contributed by atoms with Crippen molar-refractivity contribution in [3.8, 4) is 0 Å². The third-order valence-electron chi connectivity index (χ3n) is 0.806. The number of hydrogen-bond donors (Lipinski definition) is 1. The van der Waals surface area contributed by atoms with Gasteiger partial charge in [0.05, 0.1) is 0 Å². The molecule has 1 heterocycles. The van der Waals surface area contributed by atoms with E-state index in [1.54, 1.807) is 0 Å². The predicted octanol–water partition coefficient (Wildman–Crippen LogP) is -0.359. The third kappa shape index (κ3) is 2.39. The lowest BCUT2D eigenvalue weighted by molar-refractivity contribution is -0.138. The molecule has 0 aromatic heterocycles. The van der Waals surface area contributed by atoms with Crippen LogP contribution in [0.4, 0.5) is 0 Å². The Kier molecular flexibility index (Phi) is 2.81. The summed E-state index contributed by atoms with van der Waals surface area (Å²) in [4.78, 5) is 10.3. The van der Waals surface area contributed by atoms with Gasteiger partial charge in [0, 0.05) is 0 Å². The zero-order chi connectivity index (χ0) is 8.43. The van der Waals surface area contributed by atoms with E-state index in [0.29, 0.717) is 0 Å². The first-order valence-electron chi connectivity index (χ1n) is 2.48. The maximum Gasteiger partial charge on any atom is 0.328 e. The highest BCUT2D eigenvalue weighted by molar-refractivity contribution is 7.48. The van der Waals surface area contributed by atoms with E-state index in [1.165, 1.54) is 0 Å². The van der Waals surface area contributed by atoms with Crippen molar-refractivity contribution in [2.75, 3.05) is 0 Å². The fourth-order valence-electron chi connectivity index (χ4n) is 0.431. The Morgan fingerprint density at radius 2 is 1.73 bits per heavy atom. The van der Waals surface area contributed by atoms with Crippen LogP contribution in [-0.4, -0.2) is 12.2 Å². The lowest BCUT2D eigenvalue weighted by Gasteiger charge is -2.18. The molecule has 1 fully saturated rings. The van der Waals surface area contributed by atoms with Crippen molar-refractivity contribution >= 4 is 22.4 Å². The largest absolute Gasteiger partial charge is 0.365 e. The Morgan fingerprint density at radius 1 is 1.27 bits per heavy atom. The normalized spacial score (nSPS) is 38.4. The second kappa shape index (κ2) is 3.47. The van der Waals surface area contributed by atoms with Crippen LogP contribution in [0.1, 0.15) is 0 Å². The molecule has 9 heteroatoms. The smallest absolute Gasteiger partial charge is 0.328 e. The van der Waals surface area contributed by atoms with Crippen LogP contribution in [0.3, 0.4) is 0 Å². The molecule has 7 nitrogen and oxygen atoms in total. The highest BCUT2D eigenvalue weighted by Gasteiger charge is 2.29. The molecule has 1 amide bonds. The monoisotopic (exact) mass is 201 g/mol. The molecule has 0 saturated carbocycles. The number of primary amides is 1. The number of hydrogen-bond acceptors (Lipinski definition) is 6. The molecule has 2 unspecified atom stereocenters. The molecule has 0 bridgehead atoms. The molecule has 0 aliphatic carbocycles. The van der Waals surface area contributed by atoms with Crippen molar-refractivity contribution in [2.24, 2.45) is 5.73 Å². The van der Waals surface area contributed by atoms with Crippen LogP contribution in [0.2, 0.25) is 0 Å². The van der Waals surface area contributed by atoms with Gasteiger partial charge in [0.1, 0.15) is 0 Å². The van der Waals surface area contributed by atoms with Crippen LogP contribution in [0.5, 0.6) is 0 Å². The lowest BCUT2D eigenvalue weighted by atomic mass is 10.6. The Hall–Kier alpha value is -0.190. The summed E-state index contributed by atoms with van der Waals surface area (Å²) in [5.41, 5.74) is 4.70. The number of rotatable bonds is 1. The number of carbonyl (C=O) groups is 1. The predicted molar refractivity (Wildman–Crippen MR) is 34.2 cm³/mol. The first kappa shape index (κ1) is 8.90. The maximum atomic E-state index is 10.5. The molecule has 11 heavy (non-hydrogen) atoms. The summed E-state index contributed by atoms with van der Waals surface area (Å²) in [6.45, 7) is 0. The zero-order valence-corrected chi connectivity index (χ0v) is 7.10. The van der Waals surface area contributed by atoms with Gasteiger partial charge in [-0.1, -0.05) is 0 Å². The van der Waals surface area contributed by atoms with Gasteiger partial charge < -0.3 is 5.73 Å². The van der Waals surface area contributed by atoms with Crippen molar-refractivity contribution in [1.29, 1.82) is 0 Å². The summed E-state index contributed by atoms with van der Waals surface area (Å²) >= 11 is 0. The van der Waals surface area contributed by atoms with E-state index < -0.39 is 28.7 Å². The minimum Gasteiger partial charge on any atom is -0.365 e.